The molecule has 0 aliphatic heterocycles. The number of carbonyl (C=O) groups excluding carboxylic acids is 1. The van der Waals surface area contributed by atoms with Crippen LogP contribution in [0.15, 0.2) is 42.5 Å². The lowest BCUT2D eigenvalue weighted by Gasteiger charge is -2.18. The van der Waals surface area contributed by atoms with Crippen LogP contribution in [0.25, 0.3) is 0 Å². The lowest BCUT2D eigenvalue weighted by molar-refractivity contribution is 0.0939. The first-order valence-electron chi connectivity index (χ1n) is 7.91. The molecule has 5 nitrogen and oxygen atoms in total. The predicted octanol–water partition coefficient (Wildman–Crippen LogP) is 3.04. The Morgan fingerprint density at radius 2 is 1.92 bits per heavy atom. The molecular formula is C19H23NO4S. The number of rotatable bonds is 6. The van der Waals surface area contributed by atoms with Gasteiger partial charge in [-0.15, -0.1) is 0 Å². The average Bonchev–Trinajstić information content (AvgIpc) is 2.53. The van der Waals surface area contributed by atoms with Crippen molar-refractivity contribution in [3.63, 3.8) is 0 Å². The molecule has 0 fully saturated rings. The third-order valence-corrected chi connectivity index (χ3v) is 4.68. The summed E-state index contributed by atoms with van der Waals surface area (Å²) in [6, 6.07) is 12.2. The molecule has 0 radical (unpaired) electrons. The van der Waals surface area contributed by atoms with Crippen LogP contribution in [-0.4, -0.2) is 27.7 Å². The van der Waals surface area contributed by atoms with E-state index in [-0.39, 0.29) is 17.7 Å². The second kappa shape index (κ2) is 7.70. The molecule has 0 bridgehead atoms. The Bertz CT molecular complexity index is 875. The summed E-state index contributed by atoms with van der Waals surface area (Å²) in [7, 11) is -1.55. The minimum absolute atomic E-state index is 0.0879. The van der Waals surface area contributed by atoms with Crippen molar-refractivity contribution in [2.75, 3.05) is 13.4 Å². The molecule has 0 aromatic heterocycles. The predicted molar refractivity (Wildman–Crippen MR) is 98.6 cm³/mol. The third-order valence-electron chi connectivity index (χ3n) is 3.82. The second-order valence-electron chi connectivity index (χ2n) is 6.21. The van der Waals surface area contributed by atoms with Gasteiger partial charge in [-0.25, -0.2) is 8.42 Å². The molecule has 0 aliphatic carbocycles. The van der Waals surface area contributed by atoms with Crippen LogP contribution in [0.2, 0.25) is 0 Å². The summed E-state index contributed by atoms with van der Waals surface area (Å²) in [5.74, 6) is 0.366. The van der Waals surface area contributed by atoms with Gasteiger partial charge in [0, 0.05) is 17.4 Å². The van der Waals surface area contributed by atoms with Gasteiger partial charge in [-0.1, -0.05) is 29.8 Å². The molecule has 25 heavy (non-hydrogen) atoms. The van der Waals surface area contributed by atoms with Gasteiger partial charge in [-0.05, 0) is 37.6 Å². The molecule has 1 N–H and O–H groups in total. The number of nitrogens with one attached hydrogen (secondary N) is 1. The van der Waals surface area contributed by atoms with Gasteiger partial charge in [0.05, 0.1) is 18.9 Å². The zero-order valence-corrected chi connectivity index (χ0v) is 15.7. The van der Waals surface area contributed by atoms with Gasteiger partial charge in [-0.3, -0.25) is 4.79 Å². The molecule has 2 aromatic rings. The Hall–Kier alpha value is -2.34. The first-order valence-corrected chi connectivity index (χ1v) is 9.97. The van der Waals surface area contributed by atoms with Crippen molar-refractivity contribution in [2.24, 2.45) is 0 Å². The first-order chi connectivity index (χ1) is 11.7. The number of amides is 1. The van der Waals surface area contributed by atoms with Crippen LogP contribution in [0, 0.1) is 6.92 Å². The molecule has 1 atom stereocenters. The van der Waals surface area contributed by atoms with Gasteiger partial charge in [0.1, 0.15) is 5.75 Å². The molecule has 0 spiro atoms. The fourth-order valence-electron chi connectivity index (χ4n) is 2.65. The van der Waals surface area contributed by atoms with E-state index in [9.17, 15) is 13.2 Å². The molecule has 1 amide bonds. The maximum atomic E-state index is 12.5. The average molecular weight is 361 g/mol. The van der Waals surface area contributed by atoms with Gasteiger partial charge in [-0.2, -0.15) is 0 Å². The van der Waals surface area contributed by atoms with Crippen LogP contribution in [0.3, 0.4) is 0 Å². The monoisotopic (exact) mass is 361 g/mol. The minimum atomic E-state index is -3.15. The van der Waals surface area contributed by atoms with Crippen LogP contribution in [0.1, 0.15) is 40.0 Å². The number of hydrogen-bond acceptors (Lipinski definition) is 4. The lowest BCUT2D eigenvalue weighted by atomic mass is 10.0. The highest BCUT2D eigenvalue weighted by atomic mass is 32.2. The topological polar surface area (TPSA) is 72.5 Å². The van der Waals surface area contributed by atoms with E-state index in [1.807, 2.05) is 32.0 Å². The maximum Gasteiger partial charge on any atom is 0.251 e. The molecule has 0 aliphatic rings. The van der Waals surface area contributed by atoms with Crippen molar-refractivity contribution in [1.29, 1.82) is 0 Å². The number of ether oxygens (including phenoxy) is 1. The Morgan fingerprint density at radius 1 is 1.20 bits per heavy atom. The SMILES string of the molecule is COc1ccc(C)cc1C(C)NC(=O)c1cccc(CS(C)(=O)=O)c1. The van der Waals surface area contributed by atoms with Crippen molar-refractivity contribution in [3.8, 4) is 5.75 Å². The van der Waals surface area contributed by atoms with Crippen LogP contribution in [0.4, 0.5) is 0 Å². The van der Waals surface area contributed by atoms with E-state index in [1.165, 1.54) is 6.26 Å². The second-order valence-corrected chi connectivity index (χ2v) is 8.35. The number of methoxy groups -OCH3 is 1. The summed E-state index contributed by atoms with van der Waals surface area (Å²) in [4.78, 5) is 12.5. The van der Waals surface area contributed by atoms with Crippen LogP contribution in [-0.2, 0) is 15.6 Å². The van der Waals surface area contributed by atoms with Crippen molar-refractivity contribution < 1.29 is 17.9 Å². The van der Waals surface area contributed by atoms with Gasteiger partial charge in [0.15, 0.2) is 9.84 Å². The highest BCUT2D eigenvalue weighted by molar-refractivity contribution is 7.89. The van der Waals surface area contributed by atoms with Crippen LogP contribution in [0.5, 0.6) is 5.75 Å². The molecule has 0 saturated carbocycles. The summed E-state index contributed by atoms with van der Waals surface area (Å²) in [5.41, 5.74) is 2.99. The van der Waals surface area contributed by atoms with E-state index in [0.29, 0.717) is 16.9 Å². The van der Waals surface area contributed by atoms with Crippen LogP contribution >= 0.6 is 0 Å². The zero-order valence-electron chi connectivity index (χ0n) is 14.9. The summed E-state index contributed by atoms with van der Waals surface area (Å²) in [6.45, 7) is 3.86. The van der Waals surface area contributed by atoms with E-state index in [4.69, 9.17) is 4.74 Å². The van der Waals surface area contributed by atoms with Crippen molar-refractivity contribution in [2.45, 2.75) is 25.6 Å². The maximum absolute atomic E-state index is 12.5. The van der Waals surface area contributed by atoms with E-state index in [1.54, 1.807) is 31.4 Å². The Balaban J connectivity index is 2.19. The molecular weight excluding hydrogens is 338 g/mol. The first kappa shape index (κ1) is 19.0. The molecule has 2 rings (SSSR count). The molecule has 0 saturated heterocycles. The van der Waals surface area contributed by atoms with E-state index in [0.717, 1.165) is 11.1 Å². The van der Waals surface area contributed by atoms with Crippen molar-refractivity contribution in [3.05, 3.63) is 64.7 Å². The third kappa shape index (κ3) is 5.32. The lowest BCUT2D eigenvalue weighted by Crippen LogP contribution is -2.27. The number of carbonyl (C=O) groups is 1. The van der Waals surface area contributed by atoms with Crippen LogP contribution < -0.4 is 10.1 Å². The largest absolute Gasteiger partial charge is 0.496 e. The van der Waals surface area contributed by atoms with Crippen molar-refractivity contribution in [1.82, 2.24) is 5.32 Å². The summed E-state index contributed by atoms with van der Waals surface area (Å²) in [6.07, 6.45) is 1.17. The molecule has 0 heterocycles. The van der Waals surface area contributed by atoms with E-state index in [2.05, 4.69) is 5.32 Å². The Kier molecular flexibility index (Phi) is 5.85. The zero-order chi connectivity index (χ0) is 18.6. The fourth-order valence-corrected chi connectivity index (χ4v) is 3.44. The summed E-state index contributed by atoms with van der Waals surface area (Å²) >= 11 is 0. The number of benzene rings is 2. The Morgan fingerprint density at radius 3 is 2.56 bits per heavy atom. The summed E-state index contributed by atoms with van der Waals surface area (Å²) < 4.78 is 28.2. The summed E-state index contributed by atoms with van der Waals surface area (Å²) in [5, 5.41) is 2.94. The van der Waals surface area contributed by atoms with E-state index >= 15 is 0 Å². The highest BCUT2D eigenvalue weighted by Gasteiger charge is 2.16. The molecule has 6 heteroatoms. The van der Waals surface area contributed by atoms with Gasteiger partial charge < -0.3 is 10.1 Å². The van der Waals surface area contributed by atoms with Crippen molar-refractivity contribution >= 4 is 15.7 Å². The van der Waals surface area contributed by atoms with Gasteiger partial charge in [0.2, 0.25) is 0 Å². The number of hydrogen-bond donors (Lipinski definition) is 1. The molecule has 1 unspecified atom stereocenters. The number of sulfone groups is 1. The Labute approximate surface area is 148 Å². The standard InChI is InChI=1S/C19H23NO4S/c1-13-8-9-18(24-3)17(10-13)14(2)20-19(21)16-7-5-6-15(11-16)12-25(4,22)23/h5-11,14H,12H2,1-4H3,(H,20,21). The van der Waals surface area contributed by atoms with Gasteiger partial charge >= 0.3 is 0 Å². The molecule has 2 aromatic carbocycles. The molecule has 134 valence electrons. The van der Waals surface area contributed by atoms with Gasteiger partial charge in [0.25, 0.3) is 5.91 Å². The quantitative estimate of drug-likeness (QED) is 0.858. The minimum Gasteiger partial charge on any atom is -0.496 e. The van der Waals surface area contributed by atoms with E-state index < -0.39 is 9.84 Å². The smallest absolute Gasteiger partial charge is 0.251 e. The fraction of sp³-hybridized carbons (Fsp3) is 0.316. The highest BCUT2D eigenvalue weighted by Crippen LogP contribution is 2.26. The number of aryl methyl sites for hydroxylation is 1. The normalized spacial score (nSPS) is 12.5.